The molecule has 2 rings (SSSR count). The molecule has 0 saturated carbocycles. The van der Waals surface area contributed by atoms with Gasteiger partial charge in [0.25, 0.3) is 0 Å². The number of para-hydroxylation sites is 1. The number of aliphatic carboxylic acids is 1. The van der Waals surface area contributed by atoms with Gasteiger partial charge in [-0.25, -0.2) is 0 Å². The van der Waals surface area contributed by atoms with Gasteiger partial charge in [-0.05, 0) is 17.5 Å². The predicted octanol–water partition coefficient (Wildman–Crippen LogP) is 2.19. The van der Waals surface area contributed by atoms with E-state index in [0.29, 0.717) is 11.5 Å². The molecule has 1 aliphatic rings. The fraction of sp³-hybridized carbons (Fsp3) is 0.375. The van der Waals surface area contributed by atoms with Gasteiger partial charge in [0, 0.05) is 30.2 Å². The number of benzene rings is 1. The van der Waals surface area contributed by atoms with Crippen LogP contribution >= 0.6 is 0 Å². The van der Waals surface area contributed by atoms with Crippen LogP contribution in [0.3, 0.4) is 0 Å². The Morgan fingerprint density at radius 1 is 1.48 bits per heavy atom. The van der Waals surface area contributed by atoms with Crippen LogP contribution in [0.1, 0.15) is 25.3 Å². The van der Waals surface area contributed by atoms with Crippen LogP contribution in [0.4, 0.5) is 5.69 Å². The Kier molecular flexibility index (Phi) is 4.31. The number of carboxylic acids is 1. The summed E-state index contributed by atoms with van der Waals surface area (Å²) >= 11 is 0. The maximum atomic E-state index is 11.8. The molecule has 1 aromatic carbocycles. The molecule has 0 amide bonds. The Bertz CT molecular complexity index is 581. The van der Waals surface area contributed by atoms with Crippen molar-refractivity contribution in [3.63, 3.8) is 0 Å². The van der Waals surface area contributed by atoms with E-state index in [1.165, 1.54) is 6.20 Å². The van der Waals surface area contributed by atoms with Crippen molar-refractivity contribution >= 4 is 17.9 Å². The minimum atomic E-state index is -0.889. The third-order valence-electron chi connectivity index (χ3n) is 3.76. The summed E-state index contributed by atoms with van der Waals surface area (Å²) in [6.45, 7) is 4.89. The molecule has 1 heterocycles. The number of nitrogens with two attached hydrogens (primary N) is 1. The van der Waals surface area contributed by atoms with Crippen LogP contribution in [0.5, 0.6) is 0 Å². The number of hydrogen-bond acceptors (Lipinski definition) is 4. The van der Waals surface area contributed by atoms with Gasteiger partial charge in [0.05, 0.1) is 6.04 Å². The van der Waals surface area contributed by atoms with Crippen molar-refractivity contribution in [1.82, 2.24) is 0 Å². The lowest BCUT2D eigenvalue weighted by atomic mass is 9.90. The average molecular weight is 287 g/mol. The number of hydrogen-bond donors (Lipinski definition) is 3. The minimum Gasteiger partial charge on any atom is -0.481 e. The van der Waals surface area contributed by atoms with Gasteiger partial charge < -0.3 is 21.1 Å². The zero-order chi connectivity index (χ0) is 15.6. The first-order valence-corrected chi connectivity index (χ1v) is 7.01. The topological polar surface area (TPSA) is 90.4 Å². The van der Waals surface area contributed by atoms with E-state index in [0.717, 1.165) is 24.0 Å². The molecule has 5 nitrogen and oxygen atoms in total. The molecule has 0 spiro atoms. The zero-order valence-corrected chi connectivity index (χ0v) is 12.3. The molecule has 5 heteroatoms. The lowest BCUT2D eigenvalue weighted by Crippen LogP contribution is -2.41. The second-order valence-electron chi connectivity index (χ2n) is 5.68. The molecule has 2 unspecified atom stereocenters. The average Bonchev–Trinajstić information content (AvgIpc) is 2.75. The predicted molar refractivity (Wildman–Crippen MR) is 83.8 cm³/mol. The van der Waals surface area contributed by atoms with E-state index < -0.39 is 17.9 Å². The first-order chi connectivity index (χ1) is 10.0. The van der Waals surface area contributed by atoms with Crippen molar-refractivity contribution in [1.29, 1.82) is 5.41 Å². The highest BCUT2D eigenvalue weighted by molar-refractivity contribution is 5.90. The fourth-order valence-corrected chi connectivity index (χ4v) is 2.99. The number of anilines is 1. The Balaban J connectivity index is 2.58. The van der Waals surface area contributed by atoms with E-state index in [-0.39, 0.29) is 0 Å². The molecular formula is C16H21N3O2. The molecule has 1 aromatic rings. The number of carboxylic acid groups (broad SMARTS) is 1. The summed E-state index contributed by atoms with van der Waals surface area (Å²) in [5, 5.41) is 17.2. The van der Waals surface area contributed by atoms with Crippen LogP contribution in [0.2, 0.25) is 0 Å². The number of rotatable bonds is 5. The van der Waals surface area contributed by atoms with E-state index in [4.69, 9.17) is 11.1 Å². The Labute approximate surface area is 124 Å². The molecule has 2 atom stereocenters. The van der Waals surface area contributed by atoms with E-state index in [1.807, 2.05) is 24.3 Å². The van der Waals surface area contributed by atoms with Gasteiger partial charge in [-0.15, -0.1) is 0 Å². The molecule has 0 radical (unpaired) electrons. The summed E-state index contributed by atoms with van der Waals surface area (Å²) in [5.74, 6) is -1.21. The fourth-order valence-electron chi connectivity index (χ4n) is 2.99. The van der Waals surface area contributed by atoms with Gasteiger partial charge in [0.1, 0.15) is 5.92 Å². The third kappa shape index (κ3) is 2.63. The Morgan fingerprint density at radius 2 is 2.14 bits per heavy atom. The summed E-state index contributed by atoms with van der Waals surface area (Å²) < 4.78 is 0. The molecule has 112 valence electrons. The van der Waals surface area contributed by atoms with Crippen LogP contribution in [-0.2, 0) is 4.79 Å². The standard InChI is InChI=1S/C16H21N3O2/c1-10(2)9-19-13-6-4-3-5-12(13)14(16(20)21)15(19)11(7-17)8-18/h3-8,10,14-15,17H,9,18H2,1-2H3,(H,20,21)/b11-8+,17-7?. The van der Waals surface area contributed by atoms with Crippen LogP contribution in [0, 0.1) is 11.3 Å². The largest absolute Gasteiger partial charge is 0.481 e. The number of nitrogens with one attached hydrogen (secondary N) is 1. The third-order valence-corrected chi connectivity index (χ3v) is 3.76. The molecule has 0 saturated heterocycles. The molecular weight excluding hydrogens is 266 g/mol. The van der Waals surface area contributed by atoms with Crippen molar-refractivity contribution < 1.29 is 9.90 Å². The lowest BCUT2D eigenvalue weighted by Gasteiger charge is -2.31. The van der Waals surface area contributed by atoms with Crippen LogP contribution in [0.15, 0.2) is 36.0 Å². The minimum absolute atomic E-state index is 0.373. The van der Waals surface area contributed by atoms with E-state index in [1.54, 1.807) is 0 Å². The zero-order valence-electron chi connectivity index (χ0n) is 12.3. The second-order valence-corrected chi connectivity index (χ2v) is 5.68. The molecule has 4 N–H and O–H groups in total. The van der Waals surface area contributed by atoms with Crippen LogP contribution in [0.25, 0.3) is 0 Å². The van der Waals surface area contributed by atoms with Crippen LogP contribution < -0.4 is 10.6 Å². The first kappa shape index (κ1) is 15.1. The second kappa shape index (κ2) is 5.99. The molecule has 0 aromatic heterocycles. The van der Waals surface area contributed by atoms with Crippen molar-refractivity contribution in [2.45, 2.75) is 25.8 Å². The maximum absolute atomic E-state index is 11.8. The van der Waals surface area contributed by atoms with Gasteiger partial charge in [0.15, 0.2) is 0 Å². The summed E-state index contributed by atoms with van der Waals surface area (Å²) in [4.78, 5) is 13.8. The van der Waals surface area contributed by atoms with Gasteiger partial charge >= 0.3 is 5.97 Å². The first-order valence-electron chi connectivity index (χ1n) is 7.01. The monoisotopic (exact) mass is 287 g/mol. The van der Waals surface area contributed by atoms with Crippen LogP contribution in [-0.4, -0.2) is 29.9 Å². The van der Waals surface area contributed by atoms with Crippen molar-refractivity contribution in [2.75, 3.05) is 11.4 Å². The van der Waals surface area contributed by atoms with E-state index >= 15 is 0 Å². The summed E-state index contributed by atoms with van der Waals surface area (Å²) in [6, 6.07) is 7.11. The van der Waals surface area contributed by atoms with Crippen molar-refractivity contribution in [2.24, 2.45) is 11.7 Å². The van der Waals surface area contributed by atoms with Gasteiger partial charge in [-0.2, -0.15) is 0 Å². The summed E-state index contributed by atoms with van der Waals surface area (Å²) in [6.07, 6.45) is 2.49. The highest BCUT2D eigenvalue weighted by Crippen LogP contribution is 2.43. The molecule has 21 heavy (non-hydrogen) atoms. The highest BCUT2D eigenvalue weighted by Gasteiger charge is 2.44. The maximum Gasteiger partial charge on any atom is 0.313 e. The summed E-state index contributed by atoms with van der Waals surface area (Å²) in [5.41, 5.74) is 7.86. The van der Waals surface area contributed by atoms with Gasteiger partial charge in [-0.3, -0.25) is 4.79 Å². The normalized spacial score (nSPS) is 21.5. The lowest BCUT2D eigenvalue weighted by molar-refractivity contribution is -0.138. The van der Waals surface area contributed by atoms with Gasteiger partial charge in [-0.1, -0.05) is 32.0 Å². The highest BCUT2D eigenvalue weighted by atomic mass is 16.4. The number of carbonyl (C=O) groups is 1. The van der Waals surface area contributed by atoms with E-state index in [2.05, 4.69) is 18.7 Å². The number of fused-ring (bicyclic) bond motifs is 1. The molecule has 0 fully saturated rings. The number of nitrogens with zero attached hydrogens (tertiary/aromatic N) is 1. The molecule has 1 aliphatic heterocycles. The smallest absolute Gasteiger partial charge is 0.313 e. The van der Waals surface area contributed by atoms with Crippen molar-refractivity contribution in [3.05, 3.63) is 41.6 Å². The quantitative estimate of drug-likeness (QED) is 0.724. The molecule has 0 aliphatic carbocycles. The van der Waals surface area contributed by atoms with Crippen molar-refractivity contribution in [3.8, 4) is 0 Å². The SMILES string of the molecule is CC(C)CN1c2ccccc2C(C(=O)O)C1/C(C=N)=C/N. The van der Waals surface area contributed by atoms with E-state index in [9.17, 15) is 9.90 Å². The van der Waals surface area contributed by atoms with Gasteiger partial charge in [0.2, 0.25) is 0 Å². The summed E-state index contributed by atoms with van der Waals surface area (Å²) in [7, 11) is 0. The molecule has 0 bridgehead atoms. The Morgan fingerprint density at radius 3 is 2.67 bits per heavy atom. The Hall–Kier alpha value is -2.30.